The van der Waals surface area contributed by atoms with E-state index in [2.05, 4.69) is 12.2 Å². The van der Waals surface area contributed by atoms with Crippen molar-refractivity contribution in [1.82, 2.24) is 9.62 Å². The second kappa shape index (κ2) is 6.36. The summed E-state index contributed by atoms with van der Waals surface area (Å²) in [4.78, 5) is 1.11. The summed E-state index contributed by atoms with van der Waals surface area (Å²) in [5.74, 6) is 0.693. The van der Waals surface area contributed by atoms with Gasteiger partial charge in [0.2, 0.25) is 0 Å². The Kier molecular flexibility index (Phi) is 4.69. The van der Waals surface area contributed by atoms with Gasteiger partial charge in [-0.3, -0.25) is 0 Å². The number of nitrogens with zero attached hydrogens (tertiary/aromatic N) is 1. The summed E-state index contributed by atoms with van der Waals surface area (Å²) in [5.41, 5.74) is 0. The second-order valence-electron chi connectivity index (χ2n) is 6.13. The minimum absolute atomic E-state index is 0.505. The van der Waals surface area contributed by atoms with Crippen LogP contribution in [0.5, 0.6) is 0 Å². The smallest absolute Gasteiger partial charge is 0.252 e. The third-order valence-corrected chi connectivity index (χ3v) is 7.98. The number of piperidine rings is 1. The third-order valence-electron chi connectivity index (χ3n) is 4.52. The first-order valence-corrected chi connectivity index (χ1v) is 10.2. The lowest BCUT2D eigenvalue weighted by atomic mass is 9.96. The maximum absolute atomic E-state index is 12.7. The summed E-state index contributed by atoms with van der Waals surface area (Å²) in [6.45, 7) is 4.33. The summed E-state index contributed by atoms with van der Waals surface area (Å²) in [6.07, 6.45) is 5.66. The fraction of sp³-hybridized carbons (Fsp3) is 0.733. The van der Waals surface area contributed by atoms with Crippen molar-refractivity contribution in [2.75, 3.05) is 13.1 Å². The molecular formula is C15H24N2O2S2. The van der Waals surface area contributed by atoms with Crippen LogP contribution in [-0.4, -0.2) is 31.9 Å². The molecule has 1 saturated heterocycles. The van der Waals surface area contributed by atoms with Crippen LogP contribution in [0.1, 0.15) is 43.9 Å². The molecule has 118 valence electrons. The van der Waals surface area contributed by atoms with E-state index < -0.39 is 10.0 Å². The zero-order chi connectivity index (χ0) is 14.9. The largest absolute Gasteiger partial charge is 0.309 e. The monoisotopic (exact) mass is 328 g/mol. The maximum Gasteiger partial charge on any atom is 0.252 e. The molecule has 2 fully saturated rings. The molecule has 0 radical (unpaired) electrons. The first kappa shape index (κ1) is 15.5. The Bertz CT molecular complexity index is 570. The van der Waals surface area contributed by atoms with Crippen molar-refractivity contribution in [3.63, 3.8) is 0 Å². The number of nitrogens with one attached hydrogen (secondary N) is 1. The molecule has 2 aliphatic rings. The highest BCUT2D eigenvalue weighted by Crippen LogP contribution is 2.29. The Morgan fingerprint density at radius 3 is 2.57 bits per heavy atom. The van der Waals surface area contributed by atoms with E-state index in [9.17, 15) is 8.42 Å². The molecule has 1 aliphatic heterocycles. The number of hydrogen-bond donors (Lipinski definition) is 1. The van der Waals surface area contributed by atoms with Gasteiger partial charge >= 0.3 is 0 Å². The van der Waals surface area contributed by atoms with Crippen LogP contribution < -0.4 is 5.32 Å². The predicted molar refractivity (Wildman–Crippen MR) is 86.0 cm³/mol. The molecule has 21 heavy (non-hydrogen) atoms. The lowest BCUT2D eigenvalue weighted by Crippen LogP contribution is -2.37. The highest BCUT2D eigenvalue weighted by molar-refractivity contribution is 7.91. The van der Waals surface area contributed by atoms with E-state index >= 15 is 0 Å². The maximum atomic E-state index is 12.7. The quantitative estimate of drug-likeness (QED) is 0.873. The van der Waals surface area contributed by atoms with Crippen LogP contribution >= 0.6 is 11.3 Å². The molecule has 0 atom stereocenters. The summed E-state index contributed by atoms with van der Waals surface area (Å²) in [6, 6.07) is 4.38. The molecular weight excluding hydrogens is 304 g/mol. The SMILES string of the molecule is CCC1CCN(S(=O)(=O)c2ccc(CNC3CC3)s2)CC1. The van der Waals surface area contributed by atoms with Crippen molar-refractivity contribution >= 4 is 21.4 Å². The van der Waals surface area contributed by atoms with Gasteiger partial charge in [0.1, 0.15) is 4.21 Å². The molecule has 0 amide bonds. The van der Waals surface area contributed by atoms with E-state index in [1.807, 2.05) is 6.07 Å². The van der Waals surface area contributed by atoms with E-state index in [0.29, 0.717) is 29.3 Å². The first-order valence-electron chi connectivity index (χ1n) is 7.92. The van der Waals surface area contributed by atoms with Crippen LogP contribution in [0.4, 0.5) is 0 Å². The van der Waals surface area contributed by atoms with Crippen LogP contribution in [0.3, 0.4) is 0 Å². The van der Waals surface area contributed by atoms with Gasteiger partial charge in [-0.05, 0) is 43.7 Å². The fourth-order valence-electron chi connectivity index (χ4n) is 2.81. The predicted octanol–water partition coefficient (Wildman–Crippen LogP) is 2.81. The molecule has 0 spiro atoms. The van der Waals surface area contributed by atoms with Crippen molar-refractivity contribution in [1.29, 1.82) is 0 Å². The van der Waals surface area contributed by atoms with E-state index in [1.165, 1.54) is 24.2 Å². The van der Waals surface area contributed by atoms with Crippen molar-refractivity contribution < 1.29 is 8.42 Å². The third kappa shape index (κ3) is 3.67. The highest BCUT2D eigenvalue weighted by Gasteiger charge is 2.30. The van der Waals surface area contributed by atoms with Gasteiger partial charge in [-0.1, -0.05) is 13.3 Å². The number of hydrogen-bond acceptors (Lipinski definition) is 4. The average Bonchev–Trinajstić information content (AvgIpc) is 3.21. The van der Waals surface area contributed by atoms with Crippen molar-refractivity contribution in [3.8, 4) is 0 Å². The molecule has 1 aliphatic carbocycles. The van der Waals surface area contributed by atoms with Gasteiger partial charge in [-0.15, -0.1) is 11.3 Å². The van der Waals surface area contributed by atoms with E-state index in [1.54, 1.807) is 10.4 Å². The van der Waals surface area contributed by atoms with Gasteiger partial charge in [0, 0.05) is 30.6 Å². The van der Waals surface area contributed by atoms with Crippen molar-refractivity contribution in [3.05, 3.63) is 17.0 Å². The van der Waals surface area contributed by atoms with Gasteiger partial charge in [0.15, 0.2) is 0 Å². The van der Waals surface area contributed by atoms with E-state index in [0.717, 1.165) is 30.7 Å². The molecule has 3 rings (SSSR count). The lowest BCUT2D eigenvalue weighted by molar-refractivity contribution is 0.269. The molecule has 0 aromatic carbocycles. The van der Waals surface area contributed by atoms with Gasteiger partial charge in [-0.25, -0.2) is 8.42 Å². The molecule has 1 aromatic heterocycles. The Hall–Kier alpha value is -0.430. The number of rotatable bonds is 6. The summed E-state index contributed by atoms with van der Waals surface area (Å²) < 4.78 is 27.5. The average molecular weight is 329 g/mol. The Morgan fingerprint density at radius 1 is 1.24 bits per heavy atom. The van der Waals surface area contributed by atoms with Crippen LogP contribution in [0.15, 0.2) is 16.3 Å². The van der Waals surface area contributed by atoms with Crippen molar-refractivity contribution in [2.45, 2.75) is 55.8 Å². The molecule has 2 heterocycles. The first-order chi connectivity index (χ1) is 10.1. The minimum Gasteiger partial charge on any atom is -0.309 e. The van der Waals surface area contributed by atoms with Gasteiger partial charge in [0.05, 0.1) is 0 Å². The zero-order valence-corrected chi connectivity index (χ0v) is 14.2. The molecule has 6 heteroatoms. The van der Waals surface area contributed by atoms with Crippen LogP contribution in [0, 0.1) is 5.92 Å². The minimum atomic E-state index is -3.27. The fourth-order valence-corrected chi connectivity index (χ4v) is 5.74. The van der Waals surface area contributed by atoms with Crippen LogP contribution in [-0.2, 0) is 16.6 Å². The topological polar surface area (TPSA) is 49.4 Å². The normalized spacial score (nSPS) is 21.8. The Morgan fingerprint density at radius 2 is 1.95 bits per heavy atom. The van der Waals surface area contributed by atoms with Crippen LogP contribution in [0.2, 0.25) is 0 Å². The summed E-state index contributed by atoms with van der Waals surface area (Å²) >= 11 is 1.42. The molecule has 0 bridgehead atoms. The number of sulfonamides is 1. The van der Waals surface area contributed by atoms with Gasteiger partial charge < -0.3 is 5.32 Å². The standard InChI is InChI=1S/C15H24N2O2S2/c1-2-12-7-9-17(10-8-12)21(18,19)15-6-5-14(20-15)11-16-13-3-4-13/h5-6,12-13,16H,2-4,7-11H2,1H3. The van der Waals surface area contributed by atoms with Gasteiger partial charge in [-0.2, -0.15) is 4.31 Å². The van der Waals surface area contributed by atoms with Crippen molar-refractivity contribution in [2.24, 2.45) is 5.92 Å². The molecule has 1 saturated carbocycles. The molecule has 1 aromatic rings. The van der Waals surface area contributed by atoms with E-state index in [4.69, 9.17) is 0 Å². The highest BCUT2D eigenvalue weighted by atomic mass is 32.2. The van der Waals surface area contributed by atoms with Gasteiger partial charge in [0.25, 0.3) is 10.0 Å². The molecule has 0 unspecified atom stereocenters. The molecule has 4 nitrogen and oxygen atoms in total. The second-order valence-corrected chi connectivity index (χ2v) is 9.46. The Labute approximate surface area is 131 Å². The number of thiophene rings is 1. The Balaban J connectivity index is 1.63. The molecule has 1 N–H and O–H groups in total. The van der Waals surface area contributed by atoms with Crippen LogP contribution in [0.25, 0.3) is 0 Å². The summed E-state index contributed by atoms with van der Waals surface area (Å²) in [5, 5.41) is 3.43. The van der Waals surface area contributed by atoms with E-state index in [-0.39, 0.29) is 0 Å². The summed E-state index contributed by atoms with van der Waals surface area (Å²) in [7, 11) is -3.27. The lowest BCUT2D eigenvalue weighted by Gasteiger charge is -2.30. The zero-order valence-electron chi connectivity index (χ0n) is 12.5.